The van der Waals surface area contributed by atoms with E-state index in [0.29, 0.717) is 33.4 Å². The Morgan fingerprint density at radius 3 is 1.76 bits per heavy atom. The molecule has 6 heterocycles. The lowest BCUT2D eigenvalue weighted by Gasteiger charge is -2.10. The lowest BCUT2D eigenvalue weighted by molar-refractivity contribution is 1.11. The Bertz CT molecular complexity index is 2080. The number of nitrogens with zero attached hydrogens (tertiary/aromatic N) is 6. The van der Waals surface area contributed by atoms with Crippen molar-refractivity contribution in [1.82, 2.24) is 29.9 Å². The number of hydrogen-bond acceptors (Lipinski definition) is 9. The van der Waals surface area contributed by atoms with Crippen LogP contribution in [0.1, 0.15) is 29.2 Å². The number of fused-ring (bicyclic) bond motifs is 2. The number of aryl methyl sites for hydroxylation is 2. The Morgan fingerprint density at radius 1 is 0.622 bits per heavy atom. The second-order valence-corrected chi connectivity index (χ2v) is 13.3. The van der Waals surface area contributed by atoms with Crippen LogP contribution in [0.2, 0.25) is 15.2 Å². The zero-order valence-corrected chi connectivity index (χ0v) is 28.2. The van der Waals surface area contributed by atoms with Crippen LogP contribution in [0.4, 0.5) is 5.82 Å². The number of rotatable bonds is 7. The molecular formula is C33H26Cl3N7S2. The third-order valence-electron chi connectivity index (χ3n) is 6.86. The molecular weight excluding hydrogens is 665 g/mol. The van der Waals surface area contributed by atoms with Crippen LogP contribution in [0.25, 0.3) is 43.2 Å². The monoisotopic (exact) mass is 689 g/mol. The normalized spacial score (nSPS) is 11.0. The highest BCUT2D eigenvalue weighted by Gasteiger charge is 2.14. The molecule has 0 saturated carbocycles. The molecule has 1 aromatic carbocycles. The molecule has 0 saturated heterocycles. The molecule has 0 radical (unpaired) electrons. The molecule has 7 rings (SSSR count). The van der Waals surface area contributed by atoms with Crippen molar-refractivity contribution in [3.63, 3.8) is 0 Å². The van der Waals surface area contributed by atoms with Crippen molar-refractivity contribution in [3.8, 4) is 22.8 Å². The standard InChI is InChI=1S/C20H16Cl2N4S.C13H10ClN3S/c1-2-14-10-15-19(24-11-12-3-4-16(21)17(22)9-12)25-18(26-20(15)27-14)13-5-7-23-8-6-13;1-2-9-7-10-11(14)16-12(17-13(10)18-9)8-3-5-15-6-4-8/h3-10H,2,11H2,1H3,(H,24,25,26);3-7H,2H2,1H3. The van der Waals surface area contributed by atoms with Crippen LogP contribution in [0, 0.1) is 0 Å². The van der Waals surface area contributed by atoms with Gasteiger partial charge in [-0.1, -0.05) is 54.7 Å². The van der Waals surface area contributed by atoms with Gasteiger partial charge in [-0.15, -0.1) is 22.7 Å². The fourth-order valence-electron chi connectivity index (χ4n) is 4.49. The predicted octanol–water partition coefficient (Wildman–Crippen LogP) is 10.2. The van der Waals surface area contributed by atoms with Gasteiger partial charge in [-0.05, 0) is 66.9 Å². The average molecular weight is 691 g/mol. The molecule has 226 valence electrons. The Labute approximate surface area is 283 Å². The van der Waals surface area contributed by atoms with E-state index in [0.717, 1.165) is 55.8 Å². The van der Waals surface area contributed by atoms with Crippen molar-refractivity contribution < 1.29 is 0 Å². The summed E-state index contributed by atoms with van der Waals surface area (Å²) < 4.78 is 0. The van der Waals surface area contributed by atoms with Gasteiger partial charge in [-0.25, -0.2) is 19.9 Å². The van der Waals surface area contributed by atoms with Gasteiger partial charge in [0.25, 0.3) is 0 Å². The van der Waals surface area contributed by atoms with Gasteiger partial charge in [0, 0.05) is 57.6 Å². The van der Waals surface area contributed by atoms with Gasteiger partial charge in [0.05, 0.1) is 15.4 Å². The lowest BCUT2D eigenvalue weighted by atomic mass is 10.2. The van der Waals surface area contributed by atoms with Gasteiger partial charge in [0.15, 0.2) is 11.6 Å². The van der Waals surface area contributed by atoms with Gasteiger partial charge < -0.3 is 5.32 Å². The zero-order valence-electron chi connectivity index (χ0n) is 24.3. The van der Waals surface area contributed by atoms with E-state index in [-0.39, 0.29) is 0 Å². The number of anilines is 1. The number of benzene rings is 1. The second-order valence-electron chi connectivity index (χ2n) is 9.88. The molecule has 0 fully saturated rings. The average Bonchev–Trinajstić information content (AvgIpc) is 3.71. The van der Waals surface area contributed by atoms with E-state index in [4.69, 9.17) is 44.8 Å². The van der Waals surface area contributed by atoms with Crippen LogP contribution >= 0.6 is 57.5 Å². The zero-order chi connectivity index (χ0) is 31.3. The number of hydrogen-bond donors (Lipinski definition) is 1. The fraction of sp³-hybridized carbons (Fsp3) is 0.152. The third kappa shape index (κ3) is 7.24. The molecule has 12 heteroatoms. The minimum absolute atomic E-state index is 0.516. The van der Waals surface area contributed by atoms with E-state index in [1.165, 1.54) is 9.75 Å². The summed E-state index contributed by atoms with van der Waals surface area (Å²) in [4.78, 5) is 31.0. The number of thiophene rings is 2. The van der Waals surface area contributed by atoms with E-state index in [9.17, 15) is 0 Å². The summed E-state index contributed by atoms with van der Waals surface area (Å²) in [5.74, 6) is 2.15. The predicted molar refractivity (Wildman–Crippen MR) is 189 cm³/mol. The highest BCUT2D eigenvalue weighted by molar-refractivity contribution is 7.19. The minimum Gasteiger partial charge on any atom is -0.365 e. The topological polar surface area (TPSA) is 89.4 Å². The first kappa shape index (κ1) is 31.3. The maximum atomic E-state index is 6.22. The number of pyridine rings is 2. The summed E-state index contributed by atoms with van der Waals surface area (Å²) in [5.41, 5.74) is 2.91. The molecule has 0 atom stereocenters. The first-order valence-electron chi connectivity index (χ1n) is 14.2. The first-order chi connectivity index (χ1) is 21.9. The van der Waals surface area contributed by atoms with Crippen LogP contribution in [-0.2, 0) is 19.4 Å². The SMILES string of the molecule is CCc1cc2c(Cl)nc(-c3ccncc3)nc2s1.CCc1cc2c(NCc3ccc(Cl)c(Cl)c3)nc(-c3ccncc3)nc2s1. The van der Waals surface area contributed by atoms with E-state index in [1.54, 1.807) is 53.5 Å². The van der Waals surface area contributed by atoms with Crippen molar-refractivity contribution in [2.24, 2.45) is 0 Å². The van der Waals surface area contributed by atoms with Crippen LogP contribution in [-0.4, -0.2) is 29.9 Å². The lowest BCUT2D eigenvalue weighted by Crippen LogP contribution is -2.03. The summed E-state index contributed by atoms with van der Waals surface area (Å²) in [5, 5.41) is 7.03. The summed E-state index contributed by atoms with van der Waals surface area (Å²) in [7, 11) is 0. The largest absolute Gasteiger partial charge is 0.365 e. The minimum atomic E-state index is 0.516. The van der Waals surface area contributed by atoms with Crippen molar-refractivity contribution in [2.75, 3.05) is 5.32 Å². The van der Waals surface area contributed by atoms with Crippen LogP contribution < -0.4 is 5.32 Å². The van der Waals surface area contributed by atoms with E-state index in [2.05, 4.69) is 51.2 Å². The second kappa shape index (κ2) is 14.1. The Balaban J connectivity index is 0.000000172. The Hall–Kier alpha value is -3.73. The molecule has 0 amide bonds. The van der Waals surface area contributed by atoms with Gasteiger partial charge >= 0.3 is 0 Å². The van der Waals surface area contributed by atoms with Crippen LogP contribution in [0.5, 0.6) is 0 Å². The van der Waals surface area contributed by atoms with Crippen molar-refractivity contribution in [3.05, 3.63) is 110 Å². The molecule has 7 nitrogen and oxygen atoms in total. The Morgan fingerprint density at radius 2 is 1.18 bits per heavy atom. The van der Waals surface area contributed by atoms with Crippen LogP contribution in [0.15, 0.2) is 79.4 Å². The number of halogens is 3. The van der Waals surface area contributed by atoms with Crippen LogP contribution in [0.3, 0.4) is 0 Å². The summed E-state index contributed by atoms with van der Waals surface area (Å²) in [6.45, 7) is 4.86. The molecule has 45 heavy (non-hydrogen) atoms. The highest BCUT2D eigenvalue weighted by Crippen LogP contribution is 2.33. The molecule has 0 spiro atoms. The quantitative estimate of drug-likeness (QED) is 0.167. The fourth-order valence-corrected chi connectivity index (χ4v) is 7.02. The van der Waals surface area contributed by atoms with E-state index < -0.39 is 0 Å². The summed E-state index contributed by atoms with van der Waals surface area (Å²) in [6.07, 6.45) is 8.90. The number of nitrogens with one attached hydrogen (secondary N) is 1. The maximum Gasteiger partial charge on any atom is 0.163 e. The number of aromatic nitrogens is 6. The smallest absolute Gasteiger partial charge is 0.163 e. The first-order valence-corrected chi connectivity index (χ1v) is 16.9. The third-order valence-corrected chi connectivity index (χ3v) is 10.2. The van der Waals surface area contributed by atoms with Gasteiger partial charge in [-0.3, -0.25) is 9.97 Å². The molecule has 7 aromatic rings. The van der Waals surface area contributed by atoms with Gasteiger partial charge in [-0.2, -0.15) is 0 Å². The molecule has 6 aromatic heterocycles. The Kier molecular flexibility index (Phi) is 9.82. The highest BCUT2D eigenvalue weighted by atomic mass is 35.5. The molecule has 0 aliphatic rings. The van der Waals surface area contributed by atoms with Gasteiger partial charge in [0.1, 0.15) is 20.6 Å². The van der Waals surface area contributed by atoms with Gasteiger partial charge in [0.2, 0.25) is 0 Å². The molecule has 0 aliphatic heterocycles. The molecule has 0 bridgehead atoms. The van der Waals surface area contributed by atoms with E-state index in [1.807, 2.05) is 36.4 Å². The maximum absolute atomic E-state index is 6.22. The molecule has 1 N–H and O–H groups in total. The molecule has 0 aliphatic carbocycles. The summed E-state index contributed by atoms with van der Waals surface area (Å²) in [6, 6.07) is 17.4. The van der Waals surface area contributed by atoms with E-state index >= 15 is 0 Å². The molecule has 0 unspecified atom stereocenters. The summed E-state index contributed by atoms with van der Waals surface area (Å²) >= 11 is 21.7. The van der Waals surface area contributed by atoms with Crippen molar-refractivity contribution in [1.29, 1.82) is 0 Å². The van der Waals surface area contributed by atoms with Crippen molar-refractivity contribution in [2.45, 2.75) is 33.2 Å². The van der Waals surface area contributed by atoms with Crippen molar-refractivity contribution >= 4 is 83.7 Å².